The first kappa shape index (κ1) is 18.1. The number of hydrogen-bond donors (Lipinski definition) is 3. The molecule has 150 valence electrons. The second kappa shape index (κ2) is 6.86. The van der Waals surface area contributed by atoms with Crippen LogP contribution in [0, 0.1) is 11.8 Å². The van der Waals surface area contributed by atoms with E-state index in [-0.39, 0.29) is 23.4 Å². The summed E-state index contributed by atoms with van der Waals surface area (Å²) in [5.74, 6) is 0.0112. The van der Waals surface area contributed by atoms with Crippen molar-refractivity contribution >= 4 is 11.8 Å². The number of carbonyl (C=O) groups is 2. The van der Waals surface area contributed by atoms with Crippen molar-refractivity contribution in [2.75, 3.05) is 20.3 Å². The number of aliphatic hydroxyl groups is 1. The minimum atomic E-state index is -1.13. The average molecular weight is 394 g/mol. The van der Waals surface area contributed by atoms with Crippen molar-refractivity contribution in [3.8, 4) is 5.75 Å². The summed E-state index contributed by atoms with van der Waals surface area (Å²) in [4.78, 5) is 25.4. The van der Waals surface area contributed by atoms with E-state index in [0.717, 1.165) is 5.56 Å². The fraction of sp³-hybridized carbons (Fsp3) is 0.364. The minimum absolute atomic E-state index is 0.125. The lowest BCUT2D eigenvalue weighted by Crippen LogP contribution is -2.30. The highest BCUT2D eigenvalue weighted by molar-refractivity contribution is 6.02. The van der Waals surface area contributed by atoms with Crippen LogP contribution in [0.2, 0.25) is 0 Å². The molecule has 3 aliphatic rings. The summed E-state index contributed by atoms with van der Waals surface area (Å²) < 4.78 is 11.0. The lowest BCUT2D eigenvalue weighted by atomic mass is 9.89. The van der Waals surface area contributed by atoms with Crippen molar-refractivity contribution in [2.24, 2.45) is 11.8 Å². The number of amides is 2. The third kappa shape index (κ3) is 2.97. The minimum Gasteiger partial charge on any atom is -0.463 e. The van der Waals surface area contributed by atoms with E-state index in [9.17, 15) is 14.7 Å². The predicted molar refractivity (Wildman–Crippen MR) is 104 cm³/mol. The number of fused-ring (bicyclic) bond motifs is 2. The molecule has 0 aromatic heterocycles. The molecule has 1 aliphatic carbocycles. The van der Waals surface area contributed by atoms with Gasteiger partial charge in [0.15, 0.2) is 0 Å². The quantitative estimate of drug-likeness (QED) is 0.726. The van der Waals surface area contributed by atoms with Gasteiger partial charge in [0.1, 0.15) is 5.75 Å². The molecule has 29 heavy (non-hydrogen) atoms. The van der Waals surface area contributed by atoms with Crippen molar-refractivity contribution in [1.29, 1.82) is 0 Å². The summed E-state index contributed by atoms with van der Waals surface area (Å²) in [6.45, 7) is 1.36. The first-order chi connectivity index (χ1) is 14.1. The molecule has 2 aliphatic heterocycles. The van der Waals surface area contributed by atoms with Crippen LogP contribution in [0.25, 0.3) is 0 Å². The monoisotopic (exact) mass is 394 g/mol. The Morgan fingerprint density at radius 2 is 1.79 bits per heavy atom. The number of ether oxygens (including phenoxy) is 2. The zero-order valence-electron chi connectivity index (χ0n) is 15.9. The van der Waals surface area contributed by atoms with Crippen LogP contribution in [-0.2, 0) is 4.74 Å². The van der Waals surface area contributed by atoms with Gasteiger partial charge < -0.3 is 25.2 Å². The lowest BCUT2D eigenvalue weighted by molar-refractivity contribution is -0.00999. The van der Waals surface area contributed by atoms with Gasteiger partial charge in [0.25, 0.3) is 11.8 Å². The van der Waals surface area contributed by atoms with Crippen LogP contribution >= 0.6 is 0 Å². The van der Waals surface area contributed by atoms with E-state index < -0.39 is 12.2 Å². The Kier molecular flexibility index (Phi) is 4.29. The van der Waals surface area contributed by atoms with E-state index in [0.29, 0.717) is 41.9 Å². The molecule has 0 spiro atoms. The maximum absolute atomic E-state index is 12.9. The largest absolute Gasteiger partial charge is 0.463 e. The van der Waals surface area contributed by atoms with E-state index in [1.54, 1.807) is 6.07 Å². The Hall–Kier alpha value is -2.90. The third-order valence-corrected chi connectivity index (χ3v) is 6.12. The highest BCUT2D eigenvalue weighted by Gasteiger charge is 2.54. The molecule has 3 N–H and O–H groups in total. The second-order valence-corrected chi connectivity index (χ2v) is 7.78. The van der Waals surface area contributed by atoms with Gasteiger partial charge in [-0.25, -0.2) is 0 Å². The number of carbonyl (C=O) groups excluding carboxylic acids is 2. The van der Waals surface area contributed by atoms with Crippen LogP contribution in [-0.4, -0.2) is 49.5 Å². The average Bonchev–Trinajstić information content (AvgIpc) is 3.08. The summed E-state index contributed by atoms with van der Waals surface area (Å²) in [7, 11) is 1.52. The fourth-order valence-corrected chi connectivity index (χ4v) is 4.48. The molecular formula is C22H22N2O5. The molecule has 4 atom stereocenters. The summed E-state index contributed by atoms with van der Waals surface area (Å²) in [5.41, 5.74) is 2.11. The van der Waals surface area contributed by atoms with Crippen LogP contribution in [0.1, 0.15) is 37.8 Å². The molecule has 0 radical (unpaired) electrons. The van der Waals surface area contributed by atoms with Crippen molar-refractivity contribution in [3.63, 3.8) is 0 Å². The normalized spacial score (nSPS) is 28.8. The molecule has 7 nitrogen and oxygen atoms in total. The zero-order chi connectivity index (χ0) is 20.1. The van der Waals surface area contributed by atoms with E-state index >= 15 is 0 Å². The smallest absolute Gasteiger partial charge is 0.254 e. The summed E-state index contributed by atoms with van der Waals surface area (Å²) in [5, 5.41) is 16.2. The number of rotatable bonds is 4. The Labute approximate surface area is 168 Å². The summed E-state index contributed by atoms with van der Waals surface area (Å²) in [6.07, 6.45) is -1.13. The standard InChI is InChI=1S/C22H22N2O5/c1-23-21(26)14-8-12(20(25)24-18-15-9-28-10-16(15)18)7-13-17(22(27)29-19(13)14)11-5-3-2-4-6-11/h2-8,15-18,22,27H,9-10H2,1H3,(H,23,26)(H,24,25)/t15?,16?,17-,18?,22?/m1/s1. The van der Waals surface area contributed by atoms with E-state index in [1.165, 1.54) is 13.1 Å². The SMILES string of the molecule is CNC(=O)c1cc(C(=O)NC2C3COCC32)cc2c1OC(O)[C@@H]2c1ccccc1. The van der Waals surface area contributed by atoms with Gasteiger partial charge in [0.05, 0.1) is 24.7 Å². The second-order valence-electron chi connectivity index (χ2n) is 7.78. The van der Waals surface area contributed by atoms with Crippen LogP contribution < -0.4 is 15.4 Å². The van der Waals surface area contributed by atoms with Gasteiger partial charge in [-0.05, 0) is 17.7 Å². The van der Waals surface area contributed by atoms with Gasteiger partial charge in [-0.1, -0.05) is 30.3 Å². The summed E-state index contributed by atoms with van der Waals surface area (Å²) in [6, 6.07) is 12.8. The van der Waals surface area contributed by atoms with Crippen LogP contribution in [0.5, 0.6) is 5.75 Å². The topological polar surface area (TPSA) is 96.9 Å². The molecule has 0 bridgehead atoms. The molecule has 2 heterocycles. The highest BCUT2D eigenvalue weighted by Crippen LogP contribution is 2.46. The van der Waals surface area contributed by atoms with Gasteiger partial charge in [0, 0.05) is 36.1 Å². The van der Waals surface area contributed by atoms with Gasteiger partial charge >= 0.3 is 0 Å². The van der Waals surface area contributed by atoms with E-state index in [4.69, 9.17) is 9.47 Å². The number of hydrogen-bond acceptors (Lipinski definition) is 5. The number of aliphatic hydroxyl groups excluding tert-OH is 1. The van der Waals surface area contributed by atoms with Crippen molar-refractivity contribution in [1.82, 2.24) is 10.6 Å². The molecule has 1 saturated carbocycles. The number of nitrogens with one attached hydrogen (secondary N) is 2. The molecule has 5 rings (SSSR count). The molecule has 3 unspecified atom stereocenters. The summed E-state index contributed by atoms with van der Waals surface area (Å²) >= 11 is 0. The maximum Gasteiger partial charge on any atom is 0.254 e. The molecule has 2 fully saturated rings. The first-order valence-corrected chi connectivity index (χ1v) is 9.76. The highest BCUT2D eigenvalue weighted by atomic mass is 16.6. The maximum atomic E-state index is 12.9. The first-order valence-electron chi connectivity index (χ1n) is 9.76. The fourth-order valence-electron chi connectivity index (χ4n) is 4.48. The molecule has 2 aromatic carbocycles. The molecule has 7 heteroatoms. The number of benzene rings is 2. The van der Waals surface area contributed by atoms with Gasteiger partial charge in [-0.15, -0.1) is 0 Å². The van der Waals surface area contributed by atoms with Crippen LogP contribution in [0.15, 0.2) is 42.5 Å². The molecule has 2 amide bonds. The van der Waals surface area contributed by atoms with Crippen molar-refractivity contribution < 1.29 is 24.2 Å². The molecular weight excluding hydrogens is 372 g/mol. The Morgan fingerprint density at radius 1 is 1.07 bits per heavy atom. The van der Waals surface area contributed by atoms with Gasteiger partial charge in [-0.2, -0.15) is 0 Å². The molecule has 1 saturated heterocycles. The van der Waals surface area contributed by atoms with Gasteiger partial charge in [-0.3, -0.25) is 9.59 Å². The zero-order valence-corrected chi connectivity index (χ0v) is 15.9. The van der Waals surface area contributed by atoms with E-state index in [1.807, 2.05) is 30.3 Å². The Morgan fingerprint density at radius 3 is 2.48 bits per heavy atom. The lowest BCUT2D eigenvalue weighted by Gasteiger charge is -2.14. The predicted octanol–water partition coefficient (Wildman–Crippen LogP) is 1.26. The van der Waals surface area contributed by atoms with Crippen LogP contribution in [0.4, 0.5) is 0 Å². The van der Waals surface area contributed by atoms with E-state index in [2.05, 4.69) is 10.6 Å². The molecule has 2 aromatic rings. The Balaban J connectivity index is 1.53. The van der Waals surface area contributed by atoms with Gasteiger partial charge in [0.2, 0.25) is 6.29 Å². The van der Waals surface area contributed by atoms with Crippen molar-refractivity contribution in [2.45, 2.75) is 18.2 Å². The Bertz CT molecular complexity index is 967. The van der Waals surface area contributed by atoms with Crippen LogP contribution in [0.3, 0.4) is 0 Å². The van der Waals surface area contributed by atoms with Crippen molar-refractivity contribution in [3.05, 3.63) is 64.7 Å². The third-order valence-electron chi connectivity index (χ3n) is 6.12.